The molecule has 0 amide bonds. The molecule has 0 saturated heterocycles. The summed E-state index contributed by atoms with van der Waals surface area (Å²) in [6.07, 6.45) is 3.88. The van der Waals surface area contributed by atoms with Crippen LogP contribution in [0.3, 0.4) is 0 Å². The third-order valence-corrected chi connectivity index (χ3v) is 1.99. The molecule has 0 heterocycles. The fraction of sp³-hybridized carbons (Fsp3) is 0.333. The van der Waals surface area contributed by atoms with E-state index < -0.39 is 0 Å². The number of ether oxygens (including phenoxy) is 3. The molecule has 0 saturated carbocycles. The Morgan fingerprint density at radius 1 is 1.13 bits per heavy atom. The van der Waals surface area contributed by atoms with Crippen LogP contribution in [0.25, 0.3) is 6.08 Å². The van der Waals surface area contributed by atoms with Crippen LogP contribution in [0.15, 0.2) is 24.3 Å². The molecule has 0 atom stereocenters. The maximum Gasteiger partial charge on any atom is 0.167 e. The van der Waals surface area contributed by atoms with E-state index in [2.05, 4.69) is 0 Å². The zero-order chi connectivity index (χ0) is 11.1. The minimum Gasteiger partial charge on any atom is -0.493 e. The van der Waals surface area contributed by atoms with Crippen LogP contribution in [0.5, 0.6) is 11.5 Å². The number of methoxy groups -OCH3 is 3. The van der Waals surface area contributed by atoms with E-state index in [9.17, 15) is 0 Å². The van der Waals surface area contributed by atoms with Gasteiger partial charge in [0.05, 0.1) is 20.8 Å². The van der Waals surface area contributed by atoms with Crippen LogP contribution in [-0.2, 0) is 4.74 Å². The fourth-order valence-corrected chi connectivity index (χ4v) is 1.31. The molecule has 15 heavy (non-hydrogen) atoms. The summed E-state index contributed by atoms with van der Waals surface area (Å²) in [6, 6.07) is 5.76. The second kappa shape index (κ2) is 6.09. The first-order valence-electron chi connectivity index (χ1n) is 4.70. The maximum absolute atomic E-state index is 5.28. The highest BCUT2D eigenvalue weighted by Crippen LogP contribution is 2.31. The van der Waals surface area contributed by atoms with Crippen molar-refractivity contribution in [3.8, 4) is 11.5 Å². The number of hydrogen-bond acceptors (Lipinski definition) is 3. The van der Waals surface area contributed by atoms with Gasteiger partial charge in [-0.1, -0.05) is 24.3 Å². The number of para-hydroxylation sites is 1. The molecule has 0 fully saturated rings. The minimum absolute atomic E-state index is 0.584. The van der Waals surface area contributed by atoms with Crippen molar-refractivity contribution in [2.45, 2.75) is 0 Å². The summed E-state index contributed by atoms with van der Waals surface area (Å²) in [4.78, 5) is 0. The van der Waals surface area contributed by atoms with Crippen LogP contribution in [0.1, 0.15) is 5.56 Å². The Morgan fingerprint density at radius 2 is 1.93 bits per heavy atom. The fourth-order valence-electron chi connectivity index (χ4n) is 1.31. The monoisotopic (exact) mass is 208 g/mol. The summed E-state index contributed by atoms with van der Waals surface area (Å²) in [5.41, 5.74) is 0.980. The van der Waals surface area contributed by atoms with Gasteiger partial charge in [0.25, 0.3) is 0 Å². The molecule has 0 radical (unpaired) electrons. The Morgan fingerprint density at radius 3 is 2.53 bits per heavy atom. The Hall–Kier alpha value is -1.48. The van der Waals surface area contributed by atoms with E-state index in [1.807, 2.05) is 30.4 Å². The van der Waals surface area contributed by atoms with Gasteiger partial charge in [0, 0.05) is 12.7 Å². The maximum atomic E-state index is 5.28. The molecule has 0 unspecified atom stereocenters. The van der Waals surface area contributed by atoms with Gasteiger partial charge in [0.1, 0.15) is 0 Å². The van der Waals surface area contributed by atoms with Crippen molar-refractivity contribution < 1.29 is 14.2 Å². The Bertz CT molecular complexity index is 332. The molecule has 1 aromatic rings. The molecule has 0 aromatic heterocycles. The second-order valence-corrected chi connectivity index (χ2v) is 2.94. The van der Waals surface area contributed by atoms with Crippen LogP contribution < -0.4 is 9.47 Å². The lowest BCUT2D eigenvalue weighted by atomic mass is 10.1. The SMILES string of the molecule is COC/C=C/c1cccc(OC)c1OC. The van der Waals surface area contributed by atoms with Gasteiger partial charge in [-0.3, -0.25) is 0 Å². The molecule has 3 nitrogen and oxygen atoms in total. The highest BCUT2D eigenvalue weighted by molar-refractivity contribution is 5.62. The molecular formula is C12H16O3. The molecule has 0 aliphatic carbocycles. The van der Waals surface area contributed by atoms with E-state index in [4.69, 9.17) is 14.2 Å². The molecule has 0 aliphatic heterocycles. The van der Waals surface area contributed by atoms with Gasteiger partial charge in [-0.2, -0.15) is 0 Å². The number of benzene rings is 1. The van der Waals surface area contributed by atoms with Crippen LogP contribution in [0.4, 0.5) is 0 Å². The predicted octanol–water partition coefficient (Wildman–Crippen LogP) is 2.36. The van der Waals surface area contributed by atoms with Crippen molar-refractivity contribution in [1.82, 2.24) is 0 Å². The third kappa shape index (κ3) is 2.99. The predicted molar refractivity (Wildman–Crippen MR) is 60.5 cm³/mol. The molecular weight excluding hydrogens is 192 g/mol. The summed E-state index contributed by atoms with van der Waals surface area (Å²) in [5, 5.41) is 0. The molecule has 1 aromatic carbocycles. The lowest BCUT2D eigenvalue weighted by Gasteiger charge is -2.09. The molecule has 1 rings (SSSR count). The van der Waals surface area contributed by atoms with Crippen LogP contribution in [-0.4, -0.2) is 27.9 Å². The van der Waals surface area contributed by atoms with Gasteiger partial charge in [0.15, 0.2) is 11.5 Å². The number of rotatable bonds is 5. The Balaban J connectivity index is 2.95. The smallest absolute Gasteiger partial charge is 0.167 e. The Labute approximate surface area is 90.3 Å². The lowest BCUT2D eigenvalue weighted by molar-refractivity contribution is 0.234. The first kappa shape index (κ1) is 11.6. The second-order valence-electron chi connectivity index (χ2n) is 2.94. The van der Waals surface area contributed by atoms with Gasteiger partial charge in [-0.25, -0.2) is 0 Å². The third-order valence-electron chi connectivity index (χ3n) is 1.99. The average molecular weight is 208 g/mol. The lowest BCUT2D eigenvalue weighted by Crippen LogP contribution is -1.92. The van der Waals surface area contributed by atoms with Crippen molar-refractivity contribution in [1.29, 1.82) is 0 Å². The van der Waals surface area contributed by atoms with Crippen LogP contribution >= 0.6 is 0 Å². The minimum atomic E-state index is 0.584. The van der Waals surface area contributed by atoms with Crippen molar-refractivity contribution in [3.05, 3.63) is 29.8 Å². The zero-order valence-corrected chi connectivity index (χ0v) is 9.32. The molecule has 0 bridgehead atoms. The van der Waals surface area contributed by atoms with E-state index in [1.54, 1.807) is 21.3 Å². The quantitative estimate of drug-likeness (QED) is 0.743. The van der Waals surface area contributed by atoms with E-state index in [0.717, 1.165) is 17.1 Å². The van der Waals surface area contributed by atoms with E-state index in [1.165, 1.54) is 0 Å². The van der Waals surface area contributed by atoms with Gasteiger partial charge in [-0.05, 0) is 6.07 Å². The van der Waals surface area contributed by atoms with Crippen molar-refractivity contribution in [2.24, 2.45) is 0 Å². The summed E-state index contributed by atoms with van der Waals surface area (Å²) >= 11 is 0. The normalized spacial score (nSPS) is 10.6. The summed E-state index contributed by atoms with van der Waals surface area (Å²) in [7, 11) is 4.92. The van der Waals surface area contributed by atoms with Crippen molar-refractivity contribution in [3.63, 3.8) is 0 Å². The van der Waals surface area contributed by atoms with Gasteiger partial charge in [-0.15, -0.1) is 0 Å². The van der Waals surface area contributed by atoms with Crippen LogP contribution in [0, 0.1) is 0 Å². The highest BCUT2D eigenvalue weighted by Gasteiger charge is 2.05. The molecule has 3 heteroatoms. The largest absolute Gasteiger partial charge is 0.493 e. The number of hydrogen-bond donors (Lipinski definition) is 0. The molecule has 82 valence electrons. The van der Waals surface area contributed by atoms with E-state index >= 15 is 0 Å². The van der Waals surface area contributed by atoms with Gasteiger partial charge >= 0.3 is 0 Å². The summed E-state index contributed by atoms with van der Waals surface area (Å²) in [6.45, 7) is 0.584. The highest BCUT2D eigenvalue weighted by atomic mass is 16.5. The van der Waals surface area contributed by atoms with Gasteiger partial charge < -0.3 is 14.2 Å². The van der Waals surface area contributed by atoms with Crippen molar-refractivity contribution >= 4 is 6.08 Å². The first-order valence-corrected chi connectivity index (χ1v) is 4.70. The molecule has 0 spiro atoms. The van der Waals surface area contributed by atoms with Gasteiger partial charge in [0.2, 0.25) is 0 Å². The van der Waals surface area contributed by atoms with Crippen molar-refractivity contribution in [2.75, 3.05) is 27.9 Å². The first-order chi connectivity index (χ1) is 7.33. The van der Waals surface area contributed by atoms with E-state index in [0.29, 0.717) is 6.61 Å². The van der Waals surface area contributed by atoms with Crippen LogP contribution in [0.2, 0.25) is 0 Å². The summed E-state index contributed by atoms with van der Waals surface area (Å²) in [5.74, 6) is 1.48. The average Bonchev–Trinajstić information content (AvgIpc) is 2.29. The summed E-state index contributed by atoms with van der Waals surface area (Å²) < 4.78 is 15.4. The topological polar surface area (TPSA) is 27.7 Å². The molecule has 0 N–H and O–H groups in total. The Kier molecular flexibility index (Phi) is 4.71. The standard InChI is InChI=1S/C12H16O3/c1-13-9-5-7-10-6-4-8-11(14-2)12(10)15-3/h4-8H,9H2,1-3H3/b7-5+. The zero-order valence-electron chi connectivity index (χ0n) is 9.32. The van der Waals surface area contributed by atoms with E-state index in [-0.39, 0.29) is 0 Å². The molecule has 0 aliphatic rings.